The van der Waals surface area contributed by atoms with Crippen molar-refractivity contribution in [2.45, 2.75) is 43.4 Å². The first-order valence-electron chi connectivity index (χ1n) is 5.96. The van der Waals surface area contributed by atoms with E-state index in [9.17, 15) is 4.79 Å². The van der Waals surface area contributed by atoms with E-state index in [1.807, 2.05) is 11.8 Å². The summed E-state index contributed by atoms with van der Waals surface area (Å²) in [4.78, 5) is 11.5. The number of hydrogen-bond acceptors (Lipinski definition) is 3. The second-order valence-electron chi connectivity index (χ2n) is 4.46. The number of thioether (sulfide) groups is 1. The number of nitrogens with one attached hydrogen (secondary N) is 2. The molecule has 2 rings (SSSR count). The topological polar surface area (TPSA) is 41.1 Å². The molecule has 0 spiro atoms. The SMILES string of the molecule is O=C(CSC1CCNCC1)NC1CCC1. The second-order valence-corrected chi connectivity index (χ2v) is 5.74. The Labute approximate surface area is 95.8 Å². The molecule has 1 amide bonds. The molecule has 1 aliphatic carbocycles. The normalized spacial score (nSPS) is 23.5. The van der Waals surface area contributed by atoms with Crippen LogP contribution in [0.25, 0.3) is 0 Å². The van der Waals surface area contributed by atoms with Crippen LogP contribution in [-0.2, 0) is 4.79 Å². The van der Waals surface area contributed by atoms with Crippen molar-refractivity contribution < 1.29 is 4.79 Å². The smallest absolute Gasteiger partial charge is 0.230 e. The summed E-state index contributed by atoms with van der Waals surface area (Å²) in [5, 5.41) is 7.11. The van der Waals surface area contributed by atoms with E-state index in [1.165, 1.54) is 32.1 Å². The Hall–Kier alpha value is -0.220. The highest BCUT2D eigenvalue weighted by molar-refractivity contribution is 8.00. The van der Waals surface area contributed by atoms with E-state index in [0.717, 1.165) is 13.1 Å². The lowest BCUT2D eigenvalue weighted by Crippen LogP contribution is -2.40. The van der Waals surface area contributed by atoms with Crippen molar-refractivity contribution in [2.24, 2.45) is 0 Å². The summed E-state index contributed by atoms with van der Waals surface area (Å²) < 4.78 is 0. The first kappa shape index (κ1) is 11.3. The van der Waals surface area contributed by atoms with Crippen LogP contribution in [0.5, 0.6) is 0 Å². The minimum atomic E-state index is 0.239. The maximum absolute atomic E-state index is 11.5. The third-order valence-electron chi connectivity index (χ3n) is 3.21. The Morgan fingerprint density at radius 2 is 2.00 bits per heavy atom. The lowest BCUT2D eigenvalue weighted by atomic mass is 9.93. The highest BCUT2D eigenvalue weighted by Gasteiger charge is 2.20. The molecule has 2 fully saturated rings. The molecule has 0 bridgehead atoms. The van der Waals surface area contributed by atoms with E-state index >= 15 is 0 Å². The van der Waals surface area contributed by atoms with E-state index in [1.54, 1.807) is 0 Å². The van der Waals surface area contributed by atoms with Crippen LogP contribution < -0.4 is 10.6 Å². The van der Waals surface area contributed by atoms with Crippen molar-refractivity contribution in [3.05, 3.63) is 0 Å². The third-order valence-corrected chi connectivity index (χ3v) is 4.58. The maximum Gasteiger partial charge on any atom is 0.230 e. The molecule has 1 saturated heterocycles. The van der Waals surface area contributed by atoms with Crippen molar-refractivity contribution in [3.63, 3.8) is 0 Å². The van der Waals surface area contributed by atoms with E-state index in [0.29, 0.717) is 17.0 Å². The van der Waals surface area contributed by atoms with Gasteiger partial charge in [0.2, 0.25) is 5.91 Å². The summed E-state index contributed by atoms with van der Waals surface area (Å²) in [6, 6.07) is 0.492. The molecule has 1 saturated carbocycles. The summed E-state index contributed by atoms with van der Waals surface area (Å²) in [5.41, 5.74) is 0. The Balaban J connectivity index is 1.57. The molecule has 15 heavy (non-hydrogen) atoms. The zero-order valence-corrected chi connectivity index (χ0v) is 9.94. The van der Waals surface area contributed by atoms with Gasteiger partial charge in [-0.05, 0) is 45.2 Å². The molecule has 86 valence electrons. The van der Waals surface area contributed by atoms with Crippen molar-refractivity contribution in [3.8, 4) is 0 Å². The van der Waals surface area contributed by atoms with Crippen molar-refractivity contribution >= 4 is 17.7 Å². The number of rotatable bonds is 4. The predicted molar refractivity (Wildman–Crippen MR) is 64.1 cm³/mol. The molecule has 4 heteroatoms. The van der Waals surface area contributed by atoms with E-state index < -0.39 is 0 Å². The van der Waals surface area contributed by atoms with Gasteiger partial charge in [-0.15, -0.1) is 11.8 Å². The standard InChI is InChI=1S/C11H20N2OS/c14-11(13-9-2-1-3-9)8-15-10-4-6-12-7-5-10/h9-10,12H,1-8H2,(H,13,14). The Kier molecular flexibility index (Phi) is 4.32. The summed E-state index contributed by atoms with van der Waals surface area (Å²) in [6.45, 7) is 2.23. The van der Waals surface area contributed by atoms with Crippen LogP contribution in [0.1, 0.15) is 32.1 Å². The zero-order valence-electron chi connectivity index (χ0n) is 9.13. The van der Waals surface area contributed by atoms with Crippen molar-refractivity contribution in [1.82, 2.24) is 10.6 Å². The van der Waals surface area contributed by atoms with Crippen LogP contribution in [0.2, 0.25) is 0 Å². The number of carbonyl (C=O) groups is 1. The van der Waals surface area contributed by atoms with Gasteiger partial charge in [0.1, 0.15) is 0 Å². The van der Waals surface area contributed by atoms with Gasteiger partial charge in [-0.25, -0.2) is 0 Å². The first-order chi connectivity index (χ1) is 7.34. The van der Waals surface area contributed by atoms with Crippen molar-refractivity contribution in [2.75, 3.05) is 18.8 Å². The minimum absolute atomic E-state index is 0.239. The average molecular weight is 228 g/mol. The number of hydrogen-bond donors (Lipinski definition) is 2. The van der Waals surface area contributed by atoms with Crippen LogP contribution in [0.4, 0.5) is 0 Å². The van der Waals surface area contributed by atoms with Crippen LogP contribution in [0, 0.1) is 0 Å². The predicted octanol–water partition coefficient (Wildman–Crippen LogP) is 1.14. The Bertz CT molecular complexity index is 213. The van der Waals surface area contributed by atoms with E-state index in [4.69, 9.17) is 0 Å². The molecular weight excluding hydrogens is 208 g/mol. The molecule has 3 nitrogen and oxygen atoms in total. The lowest BCUT2D eigenvalue weighted by molar-refractivity contribution is -0.119. The van der Waals surface area contributed by atoms with Crippen LogP contribution in [0.3, 0.4) is 0 Å². The molecule has 0 unspecified atom stereocenters. The molecule has 0 atom stereocenters. The zero-order chi connectivity index (χ0) is 10.5. The van der Waals surface area contributed by atoms with Gasteiger partial charge < -0.3 is 10.6 Å². The number of carbonyl (C=O) groups excluding carboxylic acids is 1. The number of piperidine rings is 1. The van der Waals surface area contributed by atoms with Crippen LogP contribution in [-0.4, -0.2) is 36.0 Å². The third kappa shape index (κ3) is 3.68. The van der Waals surface area contributed by atoms with E-state index in [2.05, 4.69) is 10.6 Å². The second kappa shape index (κ2) is 5.75. The fourth-order valence-corrected chi connectivity index (χ4v) is 3.02. The summed E-state index contributed by atoms with van der Waals surface area (Å²) >= 11 is 1.83. The summed E-state index contributed by atoms with van der Waals surface area (Å²) in [5.74, 6) is 0.893. The molecule has 0 aromatic carbocycles. The quantitative estimate of drug-likeness (QED) is 0.758. The van der Waals surface area contributed by atoms with Gasteiger partial charge in [-0.3, -0.25) is 4.79 Å². The molecule has 1 heterocycles. The van der Waals surface area contributed by atoms with Gasteiger partial charge in [0, 0.05) is 11.3 Å². The van der Waals surface area contributed by atoms with Gasteiger partial charge in [-0.2, -0.15) is 0 Å². The maximum atomic E-state index is 11.5. The molecule has 2 aliphatic rings. The fraction of sp³-hybridized carbons (Fsp3) is 0.909. The fourth-order valence-electron chi connectivity index (χ4n) is 1.98. The Morgan fingerprint density at radius 3 is 2.60 bits per heavy atom. The highest BCUT2D eigenvalue weighted by atomic mass is 32.2. The monoisotopic (exact) mass is 228 g/mol. The van der Waals surface area contributed by atoms with Gasteiger partial charge in [0.15, 0.2) is 0 Å². The molecule has 0 radical (unpaired) electrons. The number of amides is 1. The molecular formula is C11H20N2OS. The van der Waals surface area contributed by atoms with Gasteiger partial charge in [0.25, 0.3) is 0 Å². The Morgan fingerprint density at radius 1 is 1.27 bits per heavy atom. The first-order valence-corrected chi connectivity index (χ1v) is 7.01. The summed E-state index contributed by atoms with van der Waals surface area (Å²) in [7, 11) is 0. The average Bonchev–Trinajstić information content (AvgIpc) is 2.22. The highest BCUT2D eigenvalue weighted by Crippen LogP contribution is 2.21. The van der Waals surface area contributed by atoms with Crippen LogP contribution in [0.15, 0.2) is 0 Å². The van der Waals surface area contributed by atoms with Gasteiger partial charge in [-0.1, -0.05) is 0 Å². The largest absolute Gasteiger partial charge is 0.353 e. The minimum Gasteiger partial charge on any atom is -0.353 e. The molecule has 1 aliphatic heterocycles. The van der Waals surface area contributed by atoms with Gasteiger partial charge in [0.05, 0.1) is 5.75 Å². The van der Waals surface area contributed by atoms with Crippen LogP contribution >= 0.6 is 11.8 Å². The van der Waals surface area contributed by atoms with Gasteiger partial charge >= 0.3 is 0 Å². The molecule has 2 N–H and O–H groups in total. The molecule has 0 aromatic heterocycles. The lowest BCUT2D eigenvalue weighted by Gasteiger charge is -2.27. The molecule has 0 aromatic rings. The summed E-state index contributed by atoms with van der Waals surface area (Å²) in [6.07, 6.45) is 6.07. The van der Waals surface area contributed by atoms with E-state index in [-0.39, 0.29) is 5.91 Å². The van der Waals surface area contributed by atoms with Crippen molar-refractivity contribution in [1.29, 1.82) is 0 Å².